The van der Waals surface area contributed by atoms with Crippen molar-refractivity contribution in [3.8, 4) is 0 Å². The van der Waals surface area contributed by atoms with Crippen LogP contribution < -0.4 is 0 Å². The van der Waals surface area contributed by atoms with E-state index in [4.69, 9.17) is 29.9 Å². The van der Waals surface area contributed by atoms with Crippen molar-refractivity contribution in [1.29, 1.82) is 0 Å². The molecule has 8 heteroatoms. The summed E-state index contributed by atoms with van der Waals surface area (Å²) in [6.45, 7) is 3.58. The lowest BCUT2D eigenvalue weighted by atomic mass is 10.0. The van der Waals surface area contributed by atoms with Gasteiger partial charge in [-0.05, 0) is 12.8 Å². The van der Waals surface area contributed by atoms with E-state index in [0.29, 0.717) is 12.8 Å². The van der Waals surface area contributed by atoms with Crippen molar-refractivity contribution in [3.05, 3.63) is 0 Å². The maximum Gasteiger partial charge on any atom is 0.305 e. The molecular weight excluding hydrogens is 608 g/mol. The van der Waals surface area contributed by atoms with Crippen LogP contribution in [-0.4, -0.2) is 71.0 Å². The van der Waals surface area contributed by atoms with Gasteiger partial charge in [-0.15, -0.1) is 0 Å². The lowest BCUT2D eigenvalue weighted by Gasteiger charge is -2.08. The molecule has 0 heterocycles. The third-order valence-electron chi connectivity index (χ3n) is 8.76. The number of carbonyl (C=O) groups is 2. The highest BCUT2D eigenvalue weighted by atomic mass is 16.5. The van der Waals surface area contributed by atoms with Gasteiger partial charge in [-0.3, -0.25) is 9.59 Å². The van der Waals surface area contributed by atoms with Crippen LogP contribution in [-0.2, 0) is 19.1 Å². The summed E-state index contributed by atoms with van der Waals surface area (Å²) < 4.78 is 9.72. The zero-order valence-electron chi connectivity index (χ0n) is 31.6. The van der Waals surface area contributed by atoms with E-state index in [2.05, 4.69) is 13.8 Å². The van der Waals surface area contributed by atoms with Crippen molar-refractivity contribution < 1.29 is 39.5 Å². The molecule has 0 spiro atoms. The Morgan fingerprint density at radius 3 is 0.812 bits per heavy atom. The highest BCUT2D eigenvalue weighted by molar-refractivity contribution is 5.69. The Bertz CT molecular complexity index is 645. The average Bonchev–Trinajstić information content (AvgIpc) is 3.10. The molecule has 0 saturated heterocycles. The van der Waals surface area contributed by atoms with Crippen molar-refractivity contribution in [2.75, 3.05) is 26.4 Å². The summed E-state index contributed by atoms with van der Waals surface area (Å²) in [5, 5.41) is 35.4. The van der Waals surface area contributed by atoms with Crippen LogP contribution in [0.1, 0.15) is 206 Å². The second kappa shape index (κ2) is 41.9. The molecule has 288 valence electrons. The molecule has 48 heavy (non-hydrogen) atoms. The Morgan fingerprint density at radius 1 is 0.396 bits per heavy atom. The maximum atomic E-state index is 11.4. The van der Waals surface area contributed by atoms with Crippen LogP contribution in [0.2, 0.25) is 0 Å². The molecule has 0 aliphatic heterocycles. The van der Waals surface area contributed by atoms with Gasteiger partial charge in [-0.1, -0.05) is 181 Å². The first kappa shape index (κ1) is 48.9. The van der Waals surface area contributed by atoms with E-state index in [0.717, 1.165) is 25.7 Å². The Kier molecular flexibility index (Phi) is 42.7. The SMILES string of the molecule is CCCCCCCCCCCCCCCC(=O)OC[C@H](O)CO.CCCCCCCCCCCCCCCCCC(=O)OCC(O)CO. The molecule has 0 aliphatic carbocycles. The normalized spacial score (nSPS) is 12.3. The predicted molar refractivity (Wildman–Crippen MR) is 198 cm³/mol. The monoisotopic (exact) mass is 689 g/mol. The number of aliphatic hydroxyl groups excluding tert-OH is 4. The third kappa shape index (κ3) is 42.8. The van der Waals surface area contributed by atoms with Gasteiger partial charge in [0.05, 0.1) is 13.2 Å². The summed E-state index contributed by atoms with van der Waals surface area (Å²) in [5.74, 6) is -0.553. The van der Waals surface area contributed by atoms with E-state index in [-0.39, 0.29) is 38.4 Å². The lowest BCUT2D eigenvalue weighted by Crippen LogP contribution is -2.21. The Hall–Kier alpha value is -1.22. The van der Waals surface area contributed by atoms with E-state index in [1.165, 1.54) is 154 Å². The molecule has 0 aromatic carbocycles. The number of unbranched alkanes of at least 4 members (excludes halogenated alkanes) is 26. The number of aliphatic hydroxyl groups is 4. The van der Waals surface area contributed by atoms with Crippen LogP contribution in [0.15, 0.2) is 0 Å². The average molecular weight is 689 g/mol. The number of rotatable bonds is 36. The van der Waals surface area contributed by atoms with Gasteiger partial charge in [0.15, 0.2) is 0 Å². The molecule has 0 bridgehead atoms. The Morgan fingerprint density at radius 2 is 0.604 bits per heavy atom. The van der Waals surface area contributed by atoms with E-state index < -0.39 is 12.2 Å². The van der Waals surface area contributed by atoms with Crippen LogP contribution in [0.4, 0.5) is 0 Å². The summed E-state index contributed by atoms with van der Waals surface area (Å²) in [6.07, 6.45) is 35.2. The van der Waals surface area contributed by atoms with Gasteiger partial charge in [-0.25, -0.2) is 0 Å². The fourth-order valence-electron chi connectivity index (χ4n) is 5.56. The zero-order valence-corrected chi connectivity index (χ0v) is 31.6. The fourth-order valence-corrected chi connectivity index (χ4v) is 5.56. The van der Waals surface area contributed by atoms with Crippen LogP contribution in [0.3, 0.4) is 0 Å². The smallest absolute Gasteiger partial charge is 0.305 e. The summed E-state index contributed by atoms with van der Waals surface area (Å²) in [4.78, 5) is 22.7. The second-order valence-corrected chi connectivity index (χ2v) is 13.7. The molecule has 0 rings (SSSR count). The number of esters is 2. The van der Waals surface area contributed by atoms with Gasteiger partial charge in [0.2, 0.25) is 0 Å². The van der Waals surface area contributed by atoms with E-state index in [1.54, 1.807) is 0 Å². The summed E-state index contributed by atoms with van der Waals surface area (Å²) in [6, 6.07) is 0. The Labute approximate surface area is 296 Å². The van der Waals surface area contributed by atoms with Crippen LogP contribution >= 0.6 is 0 Å². The van der Waals surface area contributed by atoms with E-state index in [1.807, 2.05) is 0 Å². The van der Waals surface area contributed by atoms with Crippen LogP contribution in [0, 0.1) is 0 Å². The third-order valence-corrected chi connectivity index (χ3v) is 8.76. The summed E-state index contributed by atoms with van der Waals surface area (Å²) in [5.41, 5.74) is 0. The standard InChI is InChI=1S/C21H42O4.C19H38O4/c1-2-3-4-5-6-7-8-9-10-11-12-13-14-15-16-17-21(24)25-19-20(23)18-22;1-2-3-4-5-6-7-8-9-10-11-12-13-14-15-19(22)23-17-18(21)16-20/h20,22-23H,2-19H2,1H3;18,20-21H,2-17H2,1H3/t;18-/m.1/s1. The van der Waals surface area contributed by atoms with Crippen molar-refractivity contribution in [1.82, 2.24) is 0 Å². The highest BCUT2D eigenvalue weighted by Gasteiger charge is 2.08. The van der Waals surface area contributed by atoms with Gasteiger partial charge < -0.3 is 29.9 Å². The molecule has 2 atom stereocenters. The van der Waals surface area contributed by atoms with Gasteiger partial charge >= 0.3 is 11.9 Å². The Balaban J connectivity index is 0. The number of carbonyl (C=O) groups excluding carboxylic acids is 2. The van der Waals surface area contributed by atoms with Crippen molar-refractivity contribution in [2.24, 2.45) is 0 Å². The quantitative estimate of drug-likeness (QED) is 0.0378. The van der Waals surface area contributed by atoms with Gasteiger partial charge in [-0.2, -0.15) is 0 Å². The second-order valence-electron chi connectivity index (χ2n) is 13.7. The molecule has 0 aliphatic rings. The molecule has 0 aromatic rings. The minimum Gasteiger partial charge on any atom is -0.463 e. The first-order valence-electron chi connectivity index (χ1n) is 20.3. The molecule has 0 amide bonds. The minimum atomic E-state index is -0.954. The molecule has 4 N–H and O–H groups in total. The van der Waals surface area contributed by atoms with Crippen molar-refractivity contribution in [2.45, 2.75) is 219 Å². The molecule has 0 fully saturated rings. The molecule has 0 saturated carbocycles. The van der Waals surface area contributed by atoms with Crippen molar-refractivity contribution >= 4 is 11.9 Å². The number of hydrogen-bond acceptors (Lipinski definition) is 8. The van der Waals surface area contributed by atoms with Crippen molar-refractivity contribution in [3.63, 3.8) is 0 Å². The number of ether oxygens (including phenoxy) is 2. The van der Waals surface area contributed by atoms with Crippen LogP contribution in [0.25, 0.3) is 0 Å². The molecule has 1 unspecified atom stereocenters. The first-order chi connectivity index (χ1) is 23.4. The van der Waals surface area contributed by atoms with E-state index in [9.17, 15) is 9.59 Å². The molecule has 0 aromatic heterocycles. The van der Waals surface area contributed by atoms with Gasteiger partial charge in [0, 0.05) is 12.8 Å². The predicted octanol–water partition coefficient (Wildman–Crippen LogP) is 9.51. The largest absolute Gasteiger partial charge is 0.463 e. The summed E-state index contributed by atoms with van der Waals surface area (Å²) >= 11 is 0. The molecule has 8 nitrogen and oxygen atoms in total. The van der Waals surface area contributed by atoms with Gasteiger partial charge in [0.25, 0.3) is 0 Å². The molecular formula is C40H80O8. The van der Waals surface area contributed by atoms with E-state index >= 15 is 0 Å². The lowest BCUT2D eigenvalue weighted by molar-refractivity contribution is -0.148. The highest BCUT2D eigenvalue weighted by Crippen LogP contribution is 2.15. The topological polar surface area (TPSA) is 134 Å². The number of hydrogen-bond donors (Lipinski definition) is 4. The minimum absolute atomic E-state index is 0.103. The zero-order chi connectivity index (χ0) is 35.8. The van der Waals surface area contributed by atoms with Gasteiger partial charge in [0.1, 0.15) is 25.4 Å². The maximum absolute atomic E-state index is 11.4. The summed E-state index contributed by atoms with van der Waals surface area (Å²) in [7, 11) is 0. The van der Waals surface area contributed by atoms with Crippen LogP contribution in [0.5, 0.6) is 0 Å². The molecule has 0 radical (unpaired) electrons. The first-order valence-corrected chi connectivity index (χ1v) is 20.3. The fraction of sp³-hybridized carbons (Fsp3) is 0.950.